The van der Waals surface area contributed by atoms with Crippen LogP contribution in [-0.4, -0.2) is 0 Å². The highest BCUT2D eigenvalue weighted by molar-refractivity contribution is 6.28. The van der Waals surface area contributed by atoms with Gasteiger partial charge in [0.2, 0.25) is 0 Å². The zero-order chi connectivity index (χ0) is 59.6. The smallest absolute Gasteiger partial charge is 0.136 e. The lowest BCUT2D eigenvalue weighted by molar-refractivity contribution is 0.669. The number of hydrogen-bond acceptors (Lipinski definition) is 1. The molecule has 1 heterocycles. The first-order chi connectivity index (χ1) is 37.8. The van der Waals surface area contributed by atoms with Gasteiger partial charge in [0.05, 0.1) is 41.1 Å². The number of fused-ring (bicyclic) bond motifs is 9. The number of benzene rings is 10. The maximum absolute atomic E-state index is 9.77. The fourth-order valence-electron chi connectivity index (χ4n) is 6.45. The SMILES string of the molecule is [2H]c1c([2H])c([2H])c(-c2c([2H])c([2H])c3c([2H])c4c(oc5c([2H])c([2H])c([2H])c(-c6c7c([2H])c([2H])c([2H])c([2H])c7c(-c7c([2H])c([2H])c([2H])c8c7c([2H])c([2H])c7c([2H])c([2H])c([2H])c([2H])c78)c7c([2H])c([2H])c([2H])c([2H])c67)c54)c([2H])c3c2[2H])c([2H])c1[2H]. The van der Waals surface area contributed by atoms with Gasteiger partial charge in [0.1, 0.15) is 11.2 Å². The van der Waals surface area contributed by atoms with Crippen molar-refractivity contribution >= 4 is 75.8 Å². The summed E-state index contributed by atoms with van der Waals surface area (Å²) in [4.78, 5) is 0. The molecule has 0 amide bonds. The monoisotopic (exact) mass is 676 g/mol. The molecule has 0 aliphatic carbocycles. The standard InChI is InChI=1S/C50H30O/c1-2-12-31(13-3-1)33-24-25-34-29-45-47(30-35(34)28-33)51-46-23-11-22-44(50(45)46)49-42-18-8-6-16-40(42)48(41-17-7-9-19-43(41)49)39-21-10-20-37-36-15-5-4-14-32(36)26-27-38(37)39/h1-30H/i1D,2D,3D,4D,5D,6D,7D,8D,9D,10D,11D,12D,13D,14D,15D,16D,17D,18D,19D,20D,21D,22D,23D,24D,25D,26D,27D,28D,29D,30D. The molecule has 0 bridgehead atoms. The van der Waals surface area contributed by atoms with Crippen molar-refractivity contribution in [1.29, 1.82) is 0 Å². The van der Waals surface area contributed by atoms with Crippen molar-refractivity contribution in [2.45, 2.75) is 0 Å². The van der Waals surface area contributed by atoms with E-state index in [-0.39, 0.29) is 0 Å². The molecule has 0 N–H and O–H groups in total. The van der Waals surface area contributed by atoms with Gasteiger partial charge in [-0.05, 0) is 111 Å². The van der Waals surface area contributed by atoms with Crippen LogP contribution in [0, 0.1) is 0 Å². The maximum atomic E-state index is 9.77. The minimum atomic E-state index is -1.03. The molecule has 0 atom stereocenters. The second-order valence-corrected chi connectivity index (χ2v) is 11.3. The highest BCUT2D eigenvalue weighted by Gasteiger charge is 2.21. The van der Waals surface area contributed by atoms with E-state index in [9.17, 15) is 17.8 Å². The zero-order valence-electron chi connectivity index (χ0n) is 55.4. The molecule has 0 saturated carbocycles. The van der Waals surface area contributed by atoms with Crippen molar-refractivity contribution < 1.29 is 45.5 Å². The van der Waals surface area contributed by atoms with Crippen LogP contribution in [0.1, 0.15) is 41.1 Å². The molecule has 51 heavy (non-hydrogen) atoms. The van der Waals surface area contributed by atoms with E-state index in [1.807, 2.05) is 0 Å². The van der Waals surface area contributed by atoms with Crippen LogP contribution in [-0.2, 0) is 0 Å². The van der Waals surface area contributed by atoms with Gasteiger partial charge in [0.15, 0.2) is 0 Å². The molecule has 10 aromatic carbocycles. The second kappa shape index (κ2) is 10.9. The van der Waals surface area contributed by atoms with Crippen molar-refractivity contribution in [1.82, 2.24) is 0 Å². The molecule has 0 aliphatic heterocycles. The van der Waals surface area contributed by atoms with E-state index >= 15 is 0 Å². The number of hydrogen-bond donors (Lipinski definition) is 0. The topological polar surface area (TPSA) is 13.1 Å². The lowest BCUT2D eigenvalue weighted by Gasteiger charge is -2.19. The maximum Gasteiger partial charge on any atom is 0.136 e. The molecule has 11 aromatic rings. The summed E-state index contributed by atoms with van der Waals surface area (Å²) in [5.74, 6) is 0. The lowest BCUT2D eigenvalue weighted by atomic mass is 9.83. The van der Waals surface area contributed by atoms with Gasteiger partial charge in [0.25, 0.3) is 0 Å². The van der Waals surface area contributed by atoms with Crippen LogP contribution >= 0.6 is 0 Å². The molecule has 0 spiro atoms. The molecule has 1 aromatic heterocycles. The van der Waals surface area contributed by atoms with E-state index in [4.69, 9.17) is 27.7 Å². The molecule has 0 fully saturated rings. The van der Waals surface area contributed by atoms with Crippen LogP contribution in [0.5, 0.6) is 0 Å². The molecule has 11 rings (SSSR count). The van der Waals surface area contributed by atoms with E-state index in [1.165, 1.54) is 0 Å². The molecule has 0 aliphatic rings. The average molecular weight is 677 g/mol. The van der Waals surface area contributed by atoms with Crippen LogP contribution in [0.2, 0.25) is 0 Å². The van der Waals surface area contributed by atoms with Gasteiger partial charge in [0, 0.05) is 10.8 Å². The minimum Gasteiger partial charge on any atom is -0.456 e. The van der Waals surface area contributed by atoms with Crippen LogP contribution in [0.15, 0.2) is 186 Å². The summed E-state index contributed by atoms with van der Waals surface area (Å²) < 4.78 is 279. The molecule has 236 valence electrons. The summed E-state index contributed by atoms with van der Waals surface area (Å²) in [7, 11) is 0. The highest BCUT2D eigenvalue weighted by Crippen LogP contribution is 2.48. The molecule has 1 heteroatoms. The van der Waals surface area contributed by atoms with Crippen LogP contribution in [0.3, 0.4) is 0 Å². The summed E-state index contributed by atoms with van der Waals surface area (Å²) in [6.45, 7) is 0. The fourth-order valence-corrected chi connectivity index (χ4v) is 6.45. The van der Waals surface area contributed by atoms with Gasteiger partial charge in [-0.15, -0.1) is 0 Å². The summed E-state index contributed by atoms with van der Waals surface area (Å²) >= 11 is 0. The quantitative estimate of drug-likeness (QED) is 0.134. The molecular formula is C50H30O. The Morgan fingerprint density at radius 2 is 0.922 bits per heavy atom. The van der Waals surface area contributed by atoms with Crippen molar-refractivity contribution in [2.75, 3.05) is 0 Å². The van der Waals surface area contributed by atoms with Gasteiger partial charge in [-0.25, -0.2) is 0 Å². The summed E-state index contributed by atoms with van der Waals surface area (Å²) in [5, 5.41) is -8.03. The third kappa shape index (κ3) is 4.22. The Bertz CT molecular complexity index is 4820. The van der Waals surface area contributed by atoms with E-state index in [1.54, 1.807) is 0 Å². The molecular weight excluding hydrogens is 617 g/mol. The van der Waals surface area contributed by atoms with E-state index in [2.05, 4.69) is 0 Å². The van der Waals surface area contributed by atoms with Gasteiger partial charge >= 0.3 is 0 Å². The van der Waals surface area contributed by atoms with Crippen LogP contribution in [0.25, 0.3) is 109 Å². The second-order valence-electron chi connectivity index (χ2n) is 11.3. The largest absolute Gasteiger partial charge is 0.456 e. The van der Waals surface area contributed by atoms with E-state index in [0.29, 0.717) is 0 Å². The predicted molar refractivity (Wildman–Crippen MR) is 218 cm³/mol. The van der Waals surface area contributed by atoms with Gasteiger partial charge < -0.3 is 4.42 Å². The number of rotatable bonds is 3. The Labute approximate surface area is 336 Å². The Hall–Kier alpha value is -6.70. The normalized spacial score (nSPS) is 20.2. The zero-order valence-corrected chi connectivity index (χ0v) is 25.4. The van der Waals surface area contributed by atoms with Gasteiger partial charge in [-0.1, -0.05) is 157 Å². The Balaban J connectivity index is 1.44. The van der Waals surface area contributed by atoms with Gasteiger partial charge in [-0.2, -0.15) is 0 Å². The van der Waals surface area contributed by atoms with E-state index in [0.717, 1.165) is 0 Å². The number of furan rings is 1. The van der Waals surface area contributed by atoms with Crippen LogP contribution in [0.4, 0.5) is 0 Å². The third-order valence-electron chi connectivity index (χ3n) is 8.57. The third-order valence-corrected chi connectivity index (χ3v) is 8.57. The summed E-state index contributed by atoms with van der Waals surface area (Å²) in [5.41, 5.74) is -5.84. The van der Waals surface area contributed by atoms with Crippen molar-refractivity contribution in [3.8, 4) is 33.4 Å². The van der Waals surface area contributed by atoms with Crippen molar-refractivity contribution in [3.05, 3.63) is 181 Å². The molecule has 1 nitrogen and oxygen atoms in total. The minimum absolute atomic E-state index is 0.569. The fraction of sp³-hybridized carbons (Fsp3) is 0. The highest BCUT2D eigenvalue weighted by atomic mass is 16.3. The van der Waals surface area contributed by atoms with Crippen LogP contribution < -0.4 is 0 Å². The first kappa shape index (κ1) is 11.7. The Morgan fingerprint density at radius 1 is 0.314 bits per heavy atom. The first-order valence-electron chi connectivity index (χ1n) is 30.2. The van der Waals surface area contributed by atoms with Crippen molar-refractivity contribution in [3.63, 3.8) is 0 Å². The molecule has 0 saturated heterocycles. The Kier molecular flexibility index (Phi) is 2.50. The molecule has 0 radical (unpaired) electrons. The lowest BCUT2D eigenvalue weighted by Crippen LogP contribution is -1.92. The first-order valence-corrected chi connectivity index (χ1v) is 15.2. The van der Waals surface area contributed by atoms with Crippen molar-refractivity contribution in [2.24, 2.45) is 0 Å². The molecule has 0 unspecified atom stereocenters. The Morgan fingerprint density at radius 3 is 1.69 bits per heavy atom. The summed E-state index contributed by atoms with van der Waals surface area (Å²) in [6.07, 6.45) is 0. The average Bonchev–Trinajstić information content (AvgIpc) is 4.10. The summed E-state index contributed by atoms with van der Waals surface area (Å²) in [6, 6.07) is -28.1. The van der Waals surface area contributed by atoms with E-state index < -0.39 is 290 Å². The predicted octanol–water partition coefficient (Wildman–Crippen LogP) is 14.4. The van der Waals surface area contributed by atoms with Gasteiger partial charge in [-0.3, -0.25) is 0 Å².